The topological polar surface area (TPSA) is 78.5 Å². The fourth-order valence-electron chi connectivity index (χ4n) is 2.20. The number of piperidine rings is 1. The average Bonchev–Trinajstić information content (AvgIpc) is 2.52. The molecule has 2 heterocycles. The summed E-state index contributed by atoms with van der Waals surface area (Å²) < 4.78 is 24.6. The zero-order valence-corrected chi connectivity index (χ0v) is 8.83. The van der Waals surface area contributed by atoms with Crippen LogP contribution in [0.3, 0.4) is 0 Å². The normalized spacial score (nSPS) is 28.5. The van der Waals surface area contributed by atoms with Gasteiger partial charge < -0.3 is 10.2 Å². The van der Waals surface area contributed by atoms with Crippen molar-refractivity contribution in [1.29, 1.82) is 0 Å². The van der Waals surface area contributed by atoms with E-state index in [0.29, 0.717) is 12.8 Å². The van der Waals surface area contributed by atoms with Gasteiger partial charge in [-0.05, 0) is 12.8 Å². The van der Waals surface area contributed by atoms with Gasteiger partial charge in [-0.3, -0.25) is 14.9 Å². The third-order valence-electron chi connectivity index (χ3n) is 3.01. The molecule has 8 heteroatoms. The maximum atomic E-state index is 12.3. The highest BCUT2D eigenvalue weighted by atomic mass is 19.3. The van der Waals surface area contributed by atoms with E-state index in [1.807, 2.05) is 0 Å². The second-order valence-electron chi connectivity index (χ2n) is 4.15. The number of imide groups is 1. The third kappa shape index (κ3) is 1.94. The molecule has 0 bridgehead atoms. The number of halogens is 2. The molecule has 0 saturated carbocycles. The summed E-state index contributed by atoms with van der Waals surface area (Å²) in [6.45, 7) is -0.0260. The van der Waals surface area contributed by atoms with Crippen LogP contribution in [0.4, 0.5) is 13.6 Å². The maximum absolute atomic E-state index is 12.3. The van der Waals surface area contributed by atoms with Gasteiger partial charge in [0.05, 0.1) is 6.54 Å². The lowest BCUT2D eigenvalue weighted by molar-refractivity contribution is -0.146. The minimum Gasteiger partial charge on any atom is -0.335 e. The molecule has 0 aromatic rings. The van der Waals surface area contributed by atoms with Gasteiger partial charge in [-0.2, -0.15) is 8.78 Å². The fraction of sp³-hybridized carbons (Fsp3) is 0.667. The number of alkyl halides is 2. The zero-order valence-electron chi connectivity index (χ0n) is 8.83. The zero-order chi connectivity index (χ0) is 12.6. The van der Waals surface area contributed by atoms with Gasteiger partial charge in [-0.25, -0.2) is 4.79 Å². The number of nitrogens with one attached hydrogen (secondary N) is 2. The lowest BCUT2D eigenvalue weighted by Gasteiger charge is -2.37. The molecule has 0 aliphatic carbocycles. The molecule has 4 amide bonds. The molecule has 2 N–H and O–H groups in total. The van der Waals surface area contributed by atoms with Crippen LogP contribution >= 0.6 is 0 Å². The van der Waals surface area contributed by atoms with Crippen molar-refractivity contribution in [3.05, 3.63) is 0 Å². The Labute approximate surface area is 95.3 Å². The van der Waals surface area contributed by atoms with Gasteiger partial charge in [0, 0.05) is 6.54 Å². The van der Waals surface area contributed by atoms with Crippen LogP contribution < -0.4 is 10.6 Å². The Bertz CT molecular complexity index is 388. The van der Waals surface area contributed by atoms with Gasteiger partial charge in [0.1, 0.15) is 5.54 Å². The SMILES string of the molecule is O=C1NC(=O)C2(CCCN(C(=O)C(F)F)C2)N1. The van der Waals surface area contributed by atoms with Crippen molar-refractivity contribution in [1.82, 2.24) is 15.5 Å². The summed E-state index contributed by atoms with van der Waals surface area (Å²) in [7, 11) is 0. The summed E-state index contributed by atoms with van der Waals surface area (Å²) in [6, 6.07) is -0.652. The molecule has 2 aliphatic rings. The second kappa shape index (κ2) is 3.94. The van der Waals surface area contributed by atoms with Gasteiger partial charge in [-0.15, -0.1) is 0 Å². The minimum absolute atomic E-state index is 0.175. The van der Waals surface area contributed by atoms with E-state index in [4.69, 9.17) is 0 Å². The number of rotatable bonds is 1. The molecule has 17 heavy (non-hydrogen) atoms. The van der Waals surface area contributed by atoms with Crippen molar-refractivity contribution in [3.63, 3.8) is 0 Å². The highest BCUT2D eigenvalue weighted by Gasteiger charge is 2.50. The molecule has 1 spiro atoms. The van der Waals surface area contributed by atoms with E-state index in [2.05, 4.69) is 10.6 Å². The first kappa shape index (κ1) is 11.7. The van der Waals surface area contributed by atoms with E-state index < -0.39 is 29.8 Å². The minimum atomic E-state index is -3.09. The predicted molar refractivity (Wildman–Crippen MR) is 51.2 cm³/mol. The van der Waals surface area contributed by atoms with E-state index in [1.54, 1.807) is 0 Å². The first-order valence-electron chi connectivity index (χ1n) is 5.15. The molecule has 0 aromatic carbocycles. The van der Waals surface area contributed by atoms with Crippen LogP contribution in [0.2, 0.25) is 0 Å². The number of carbonyl (C=O) groups excluding carboxylic acids is 3. The van der Waals surface area contributed by atoms with Gasteiger partial charge in [0.25, 0.3) is 11.8 Å². The largest absolute Gasteiger partial charge is 0.335 e. The maximum Gasteiger partial charge on any atom is 0.322 e. The number of amides is 4. The fourth-order valence-corrected chi connectivity index (χ4v) is 2.20. The first-order chi connectivity index (χ1) is 7.94. The summed E-state index contributed by atoms with van der Waals surface area (Å²) in [5.74, 6) is -1.87. The Morgan fingerprint density at radius 3 is 2.65 bits per heavy atom. The Morgan fingerprint density at radius 1 is 1.41 bits per heavy atom. The standard InChI is InChI=1S/C9H11F2N3O3/c10-5(11)6(15)14-3-1-2-9(4-14)7(16)12-8(17)13-9/h5H,1-4H2,(H2,12,13,16,17). The molecule has 0 radical (unpaired) electrons. The molecule has 2 fully saturated rings. The van der Waals surface area contributed by atoms with Crippen LogP contribution in [0.15, 0.2) is 0 Å². The molecular formula is C9H11F2N3O3. The number of likely N-dealkylation sites (tertiary alicyclic amines) is 1. The molecule has 94 valence electrons. The Morgan fingerprint density at radius 2 is 2.12 bits per heavy atom. The second-order valence-corrected chi connectivity index (χ2v) is 4.15. The molecule has 6 nitrogen and oxygen atoms in total. The van der Waals surface area contributed by atoms with Gasteiger partial charge in [-0.1, -0.05) is 0 Å². The van der Waals surface area contributed by atoms with Crippen LogP contribution in [-0.2, 0) is 9.59 Å². The number of hydrogen-bond donors (Lipinski definition) is 2. The van der Waals surface area contributed by atoms with Crippen molar-refractivity contribution >= 4 is 17.8 Å². The quantitative estimate of drug-likeness (QED) is 0.610. The van der Waals surface area contributed by atoms with Crippen molar-refractivity contribution in [2.24, 2.45) is 0 Å². The predicted octanol–water partition coefficient (Wildman–Crippen LogP) is -0.548. The smallest absolute Gasteiger partial charge is 0.322 e. The van der Waals surface area contributed by atoms with E-state index in [0.717, 1.165) is 4.90 Å². The lowest BCUT2D eigenvalue weighted by Crippen LogP contribution is -2.60. The first-order valence-corrected chi connectivity index (χ1v) is 5.15. The van der Waals surface area contributed by atoms with Crippen molar-refractivity contribution in [2.75, 3.05) is 13.1 Å². The Balaban J connectivity index is 2.14. The number of hydrogen-bond acceptors (Lipinski definition) is 3. The summed E-state index contributed by atoms with van der Waals surface area (Å²) >= 11 is 0. The van der Waals surface area contributed by atoms with Crippen molar-refractivity contribution in [2.45, 2.75) is 24.8 Å². The summed E-state index contributed by atoms with van der Waals surface area (Å²) in [5.41, 5.74) is -1.24. The number of nitrogens with zero attached hydrogens (tertiary/aromatic N) is 1. The van der Waals surface area contributed by atoms with Gasteiger partial charge in [0.2, 0.25) is 0 Å². The lowest BCUT2D eigenvalue weighted by atomic mass is 9.89. The average molecular weight is 247 g/mol. The highest BCUT2D eigenvalue weighted by Crippen LogP contribution is 2.25. The molecule has 2 rings (SSSR count). The summed E-state index contributed by atoms with van der Waals surface area (Å²) in [4.78, 5) is 34.7. The van der Waals surface area contributed by atoms with Gasteiger partial charge >= 0.3 is 12.5 Å². The molecule has 1 unspecified atom stereocenters. The molecule has 2 aliphatic heterocycles. The van der Waals surface area contributed by atoms with E-state index in [9.17, 15) is 23.2 Å². The van der Waals surface area contributed by atoms with Crippen molar-refractivity contribution < 1.29 is 23.2 Å². The number of urea groups is 1. The highest BCUT2D eigenvalue weighted by molar-refractivity contribution is 6.07. The molecule has 2 saturated heterocycles. The van der Waals surface area contributed by atoms with Crippen molar-refractivity contribution in [3.8, 4) is 0 Å². The van der Waals surface area contributed by atoms with Gasteiger partial charge in [0.15, 0.2) is 0 Å². The third-order valence-corrected chi connectivity index (χ3v) is 3.01. The Kier molecular flexibility index (Phi) is 2.72. The van der Waals surface area contributed by atoms with Crippen LogP contribution in [0.5, 0.6) is 0 Å². The van der Waals surface area contributed by atoms with E-state index in [1.165, 1.54) is 0 Å². The number of carbonyl (C=O) groups is 3. The molecular weight excluding hydrogens is 236 g/mol. The van der Waals surface area contributed by atoms with E-state index in [-0.39, 0.29) is 13.1 Å². The molecule has 0 aromatic heterocycles. The monoisotopic (exact) mass is 247 g/mol. The van der Waals surface area contributed by atoms with Crippen LogP contribution in [0.25, 0.3) is 0 Å². The summed E-state index contributed by atoms with van der Waals surface area (Å²) in [6.07, 6.45) is -2.35. The van der Waals surface area contributed by atoms with Crippen LogP contribution in [0.1, 0.15) is 12.8 Å². The van der Waals surface area contributed by atoms with E-state index >= 15 is 0 Å². The van der Waals surface area contributed by atoms with Crippen LogP contribution in [-0.4, -0.2) is 47.8 Å². The summed E-state index contributed by atoms with van der Waals surface area (Å²) in [5, 5.41) is 4.46. The van der Waals surface area contributed by atoms with Crippen LogP contribution in [0, 0.1) is 0 Å². The Hall–Kier alpha value is -1.73. The molecule has 1 atom stereocenters.